The average molecular weight is 836 g/mol. The van der Waals surface area contributed by atoms with Crippen molar-refractivity contribution >= 4 is 35.0 Å². The maximum absolute atomic E-state index is 13.7. The molecule has 20 heteroatoms. The first-order valence-corrected chi connectivity index (χ1v) is 17.6. The molecule has 0 aliphatic carbocycles. The van der Waals surface area contributed by atoms with Crippen LogP contribution in [0.25, 0.3) is 17.1 Å². The molecule has 0 spiro atoms. The highest BCUT2D eigenvalue weighted by Crippen LogP contribution is 2.35. The maximum Gasteiger partial charge on any atom is 0.435 e. The zero-order valence-corrected chi connectivity index (χ0v) is 31.0. The number of para-hydroxylation sites is 1. The first-order chi connectivity index (χ1) is 27.1. The van der Waals surface area contributed by atoms with E-state index in [4.69, 9.17) is 32.7 Å². The fourth-order valence-electron chi connectivity index (χ4n) is 5.47. The van der Waals surface area contributed by atoms with Crippen LogP contribution in [0.5, 0.6) is 11.8 Å². The third-order valence-electron chi connectivity index (χ3n) is 8.13. The van der Waals surface area contributed by atoms with Crippen molar-refractivity contribution in [3.8, 4) is 28.8 Å². The molecule has 0 saturated carbocycles. The van der Waals surface area contributed by atoms with Crippen molar-refractivity contribution in [2.75, 3.05) is 19.8 Å². The SMILES string of the molecule is Cc1cccc(CCNC(=O)COc2cc(C(F)(F)F)nn2-c2ccc(-n3ccnc3CNC(=O)COc3cc(C(F)(F)F)nn3-c3ccccc3Cl)cc2Cl)c1. The number of alkyl halides is 6. The van der Waals surface area contributed by atoms with Gasteiger partial charge in [-0.25, -0.2) is 4.98 Å². The molecule has 3 heterocycles. The van der Waals surface area contributed by atoms with Crippen LogP contribution in [0, 0.1) is 6.92 Å². The number of amides is 2. The average Bonchev–Trinajstić information content (AvgIpc) is 3.91. The van der Waals surface area contributed by atoms with Crippen LogP contribution in [0.4, 0.5) is 26.3 Å². The van der Waals surface area contributed by atoms with Gasteiger partial charge in [0.05, 0.1) is 28.0 Å². The van der Waals surface area contributed by atoms with E-state index < -0.39 is 48.8 Å². The second-order valence-electron chi connectivity index (χ2n) is 12.3. The minimum atomic E-state index is -4.84. The Bertz CT molecular complexity index is 2390. The lowest BCUT2D eigenvalue weighted by molar-refractivity contribution is -0.142. The number of nitrogens with one attached hydrogen (secondary N) is 2. The van der Waals surface area contributed by atoms with Crippen molar-refractivity contribution in [1.82, 2.24) is 39.7 Å². The standard InChI is InChI=1S/C37H30Cl2F6N8O4/c1-22-5-4-6-23(15-22)11-12-47-32(54)20-56-35-18-30(37(43,44)45)50-53(35)28-10-9-24(16-26(28)39)51-14-13-46-31(51)19-48-33(55)21-57-34-17-29(36(40,41)42)49-52(34)27-8-3-2-7-25(27)38/h2-10,13-18H,11-12,19-21H2,1H3,(H,47,54)(H,48,55). The van der Waals surface area contributed by atoms with Crippen LogP contribution in [0.2, 0.25) is 10.0 Å². The molecule has 57 heavy (non-hydrogen) atoms. The molecule has 0 atom stereocenters. The van der Waals surface area contributed by atoms with Gasteiger partial charge in [0.1, 0.15) is 5.82 Å². The van der Waals surface area contributed by atoms with E-state index in [1.807, 2.05) is 31.2 Å². The minimum absolute atomic E-state index is 0.00241. The van der Waals surface area contributed by atoms with Gasteiger partial charge >= 0.3 is 12.4 Å². The van der Waals surface area contributed by atoms with Gasteiger partial charge in [0.2, 0.25) is 11.8 Å². The van der Waals surface area contributed by atoms with E-state index >= 15 is 0 Å². The number of hydrogen-bond acceptors (Lipinski definition) is 7. The molecule has 3 aromatic heterocycles. The smallest absolute Gasteiger partial charge is 0.435 e. The van der Waals surface area contributed by atoms with Crippen molar-refractivity contribution in [1.29, 1.82) is 0 Å². The van der Waals surface area contributed by atoms with E-state index in [2.05, 4.69) is 25.8 Å². The molecule has 0 radical (unpaired) electrons. The number of benzene rings is 3. The third-order valence-corrected chi connectivity index (χ3v) is 8.76. The van der Waals surface area contributed by atoms with Crippen LogP contribution < -0.4 is 20.1 Å². The molecule has 0 saturated heterocycles. The summed E-state index contributed by atoms with van der Waals surface area (Å²) in [5.41, 5.74) is 0.0303. The number of carbonyl (C=O) groups is 2. The zero-order chi connectivity index (χ0) is 40.9. The first kappa shape index (κ1) is 40.6. The number of nitrogens with zero attached hydrogens (tertiary/aromatic N) is 6. The predicted octanol–water partition coefficient (Wildman–Crippen LogP) is 7.33. The van der Waals surface area contributed by atoms with Gasteiger partial charge in [-0.3, -0.25) is 9.59 Å². The van der Waals surface area contributed by atoms with Gasteiger partial charge in [-0.2, -0.15) is 45.9 Å². The Hall–Kier alpha value is -6.01. The zero-order valence-electron chi connectivity index (χ0n) is 29.5. The summed E-state index contributed by atoms with van der Waals surface area (Å²) in [6.45, 7) is 0.756. The quantitative estimate of drug-likeness (QED) is 0.110. The van der Waals surface area contributed by atoms with Crippen LogP contribution in [0.3, 0.4) is 0 Å². The fraction of sp³-hybridized carbons (Fsp3) is 0.216. The molecule has 6 rings (SSSR count). The number of carbonyl (C=O) groups excluding carboxylic acids is 2. The molecule has 0 aliphatic rings. The largest absolute Gasteiger partial charge is 0.467 e. The summed E-state index contributed by atoms with van der Waals surface area (Å²) in [5.74, 6) is -1.76. The summed E-state index contributed by atoms with van der Waals surface area (Å²) in [6, 6.07) is 19.3. The van der Waals surface area contributed by atoms with Crippen molar-refractivity contribution < 1.29 is 45.4 Å². The normalized spacial score (nSPS) is 11.7. The van der Waals surface area contributed by atoms with Crippen molar-refractivity contribution in [2.45, 2.75) is 32.2 Å². The Morgan fingerprint density at radius 3 is 1.95 bits per heavy atom. The van der Waals surface area contributed by atoms with E-state index in [9.17, 15) is 35.9 Å². The molecule has 0 fully saturated rings. The second kappa shape index (κ2) is 17.0. The Labute approximate surface area is 329 Å². The summed E-state index contributed by atoms with van der Waals surface area (Å²) in [6.07, 6.45) is -6.15. The molecular weight excluding hydrogens is 805 g/mol. The van der Waals surface area contributed by atoms with Crippen LogP contribution in [-0.4, -0.2) is 60.7 Å². The van der Waals surface area contributed by atoms with Gasteiger partial charge in [0.25, 0.3) is 11.8 Å². The Kier molecular flexibility index (Phi) is 12.1. The molecule has 0 aliphatic heterocycles. The van der Waals surface area contributed by atoms with Crippen molar-refractivity contribution in [3.05, 3.63) is 130 Å². The second-order valence-corrected chi connectivity index (χ2v) is 13.1. The van der Waals surface area contributed by atoms with Gasteiger partial charge in [-0.15, -0.1) is 0 Å². The third kappa shape index (κ3) is 10.1. The van der Waals surface area contributed by atoms with E-state index in [1.165, 1.54) is 47.3 Å². The number of rotatable bonds is 14. The number of hydrogen-bond donors (Lipinski definition) is 2. The summed E-state index contributed by atoms with van der Waals surface area (Å²) in [5, 5.41) is 12.5. The highest BCUT2D eigenvalue weighted by Gasteiger charge is 2.37. The fourth-order valence-corrected chi connectivity index (χ4v) is 5.94. The van der Waals surface area contributed by atoms with Gasteiger partial charge in [0.15, 0.2) is 24.6 Å². The topological polar surface area (TPSA) is 130 Å². The Balaban J connectivity index is 1.11. The number of aromatic nitrogens is 6. The molecule has 3 aromatic carbocycles. The Morgan fingerprint density at radius 2 is 1.35 bits per heavy atom. The van der Waals surface area contributed by atoms with Gasteiger partial charge in [0, 0.05) is 36.8 Å². The van der Waals surface area contributed by atoms with Crippen molar-refractivity contribution in [3.63, 3.8) is 0 Å². The summed E-state index contributed by atoms with van der Waals surface area (Å²) < 4.78 is 95.6. The van der Waals surface area contributed by atoms with Gasteiger partial charge in [-0.05, 0) is 49.2 Å². The summed E-state index contributed by atoms with van der Waals surface area (Å²) >= 11 is 12.7. The number of ether oxygens (including phenoxy) is 2. The molecule has 0 unspecified atom stereocenters. The highest BCUT2D eigenvalue weighted by atomic mass is 35.5. The lowest BCUT2D eigenvalue weighted by Crippen LogP contribution is -2.30. The van der Waals surface area contributed by atoms with E-state index in [1.54, 1.807) is 12.1 Å². The monoisotopic (exact) mass is 834 g/mol. The van der Waals surface area contributed by atoms with E-state index in [-0.39, 0.29) is 52.1 Å². The summed E-state index contributed by atoms with van der Waals surface area (Å²) in [7, 11) is 0. The maximum atomic E-state index is 13.7. The number of imidazole rings is 1. The van der Waals surface area contributed by atoms with Crippen LogP contribution in [0.15, 0.2) is 91.3 Å². The molecule has 0 bridgehead atoms. The lowest BCUT2D eigenvalue weighted by atomic mass is 10.1. The highest BCUT2D eigenvalue weighted by molar-refractivity contribution is 6.32. The lowest BCUT2D eigenvalue weighted by Gasteiger charge is -2.14. The molecule has 2 N–H and O–H groups in total. The Morgan fingerprint density at radius 1 is 0.737 bits per heavy atom. The molecule has 12 nitrogen and oxygen atoms in total. The molecule has 298 valence electrons. The molecule has 2 amide bonds. The molecular formula is C37H30Cl2F6N8O4. The predicted molar refractivity (Wildman–Crippen MR) is 195 cm³/mol. The number of aryl methyl sites for hydroxylation is 1. The van der Waals surface area contributed by atoms with Crippen molar-refractivity contribution in [2.24, 2.45) is 0 Å². The summed E-state index contributed by atoms with van der Waals surface area (Å²) in [4.78, 5) is 29.5. The van der Waals surface area contributed by atoms with E-state index in [0.717, 1.165) is 20.5 Å². The van der Waals surface area contributed by atoms with Crippen LogP contribution >= 0.6 is 23.2 Å². The van der Waals surface area contributed by atoms with Crippen LogP contribution in [-0.2, 0) is 34.9 Å². The molecule has 6 aromatic rings. The van der Waals surface area contributed by atoms with Gasteiger partial charge in [-0.1, -0.05) is 65.2 Å². The van der Waals surface area contributed by atoms with E-state index in [0.29, 0.717) is 24.2 Å². The number of halogens is 8. The van der Waals surface area contributed by atoms with Gasteiger partial charge < -0.3 is 24.7 Å². The first-order valence-electron chi connectivity index (χ1n) is 16.8. The minimum Gasteiger partial charge on any atom is -0.467 e. The van der Waals surface area contributed by atoms with Crippen LogP contribution in [0.1, 0.15) is 28.3 Å².